The second kappa shape index (κ2) is 4.80. The number of carbonyl (C=O) groups is 1. The number of ketones is 1. The van der Waals surface area contributed by atoms with Crippen LogP contribution < -0.4 is 0 Å². The molecule has 13 heavy (non-hydrogen) atoms. The molecule has 1 rings (SSSR count). The van der Waals surface area contributed by atoms with Crippen LogP contribution in [0.15, 0.2) is 30.3 Å². The second-order valence-corrected chi connectivity index (χ2v) is 3.51. The Labute approximate surface area is 81.3 Å². The van der Waals surface area contributed by atoms with Crippen molar-refractivity contribution < 1.29 is 6.22 Å². The molecule has 1 atom stereocenters. The summed E-state index contributed by atoms with van der Waals surface area (Å²) in [6.45, 7) is 5.76. The fourth-order valence-electron chi connectivity index (χ4n) is 1.28. The predicted molar refractivity (Wildman–Crippen MR) is 55.4 cm³/mol. The molecule has 1 aromatic carbocycles. The van der Waals surface area contributed by atoms with Crippen molar-refractivity contribution in [1.82, 2.24) is 0 Å². The van der Waals surface area contributed by atoms with E-state index in [1.807, 2.05) is 37.3 Å². The van der Waals surface area contributed by atoms with E-state index in [1.54, 1.807) is 0 Å². The van der Waals surface area contributed by atoms with Gasteiger partial charge < -0.3 is 0 Å². The van der Waals surface area contributed by atoms with Crippen molar-refractivity contribution in [1.29, 1.82) is 0 Å². The molecule has 0 heterocycles. The molecule has 1 nitrogen and oxygen atoms in total. The van der Waals surface area contributed by atoms with Gasteiger partial charge >= 0.3 is 1.43 Å². The molecular weight excluding hydrogens is 160 g/mol. The van der Waals surface area contributed by atoms with E-state index in [4.69, 9.17) is 0 Å². The Morgan fingerprint density at radius 2 is 2.08 bits per heavy atom. The Balaban J connectivity index is 0.00000169. The molecule has 0 aliphatic carbocycles. The van der Waals surface area contributed by atoms with Crippen LogP contribution in [0.3, 0.4) is 0 Å². The lowest BCUT2D eigenvalue weighted by Crippen LogP contribution is -2.06. The van der Waals surface area contributed by atoms with Crippen LogP contribution in [0, 0.1) is 12.8 Å². The third kappa shape index (κ3) is 3.88. The Morgan fingerprint density at radius 1 is 1.46 bits per heavy atom. The summed E-state index contributed by atoms with van der Waals surface area (Å²) in [4.78, 5) is 11.4. The largest absolute Gasteiger partial charge is 1.00 e. The van der Waals surface area contributed by atoms with Crippen LogP contribution in [0.5, 0.6) is 0 Å². The molecule has 1 heteroatoms. The van der Waals surface area contributed by atoms with Crippen molar-refractivity contribution >= 4 is 5.78 Å². The number of hydrogen-bond donors (Lipinski definition) is 0. The van der Waals surface area contributed by atoms with Crippen LogP contribution in [0.25, 0.3) is 0 Å². The van der Waals surface area contributed by atoms with Crippen LogP contribution in [0.2, 0.25) is 0 Å². The fourth-order valence-corrected chi connectivity index (χ4v) is 1.28. The van der Waals surface area contributed by atoms with Gasteiger partial charge in [-0.1, -0.05) is 44.2 Å². The first kappa shape index (κ1) is 9.97. The van der Waals surface area contributed by atoms with E-state index in [-0.39, 0.29) is 13.1 Å². The molecule has 0 bridgehead atoms. The SMILES string of the molecule is [CH2]C(C)CC(=O)Cc1ccccc1.[H+]. The van der Waals surface area contributed by atoms with Crippen molar-refractivity contribution in [2.75, 3.05) is 0 Å². The molecular formula is C12H16O+. The minimum atomic E-state index is 0. The van der Waals surface area contributed by atoms with Gasteiger partial charge in [0.05, 0.1) is 0 Å². The number of benzene rings is 1. The molecule has 1 aromatic rings. The van der Waals surface area contributed by atoms with Crippen molar-refractivity contribution in [3.05, 3.63) is 42.8 Å². The van der Waals surface area contributed by atoms with Crippen LogP contribution in [0.4, 0.5) is 0 Å². The molecule has 0 N–H and O–H groups in total. The van der Waals surface area contributed by atoms with Crippen molar-refractivity contribution in [2.45, 2.75) is 19.8 Å². The lowest BCUT2D eigenvalue weighted by Gasteiger charge is -2.03. The zero-order chi connectivity index (χ0) is 9.68. The predicted octanol–water partition coefficient (Wildman–Crippen LogP) is 2.77. The summed E-state index contributed by atoms with van der Waals surface area (Å²) in [7, 11) is 0. The standard InChI is InChI=1S/C12H15O/c1-10(2)8-12(13)9-11-6-4-3-5-7-11/h3-7,10H,1,8-9H2,2H3/p+1. The molecule has 0 fully saturated rings. The highest BCUT2D eigenvalue weighted by atomic mass is 16.1. The Morgan fingerprint density at radius 3 is 2.62 bits per heavy atom. The normalized spacial score (nSPS) is 10.4. The number of carbonyl (C=O) groups excluding carboxylic acids is 1. The first-order chi connectivity index (χ1) is 6.18. The number of Topliss-reactive ketones (excluding diaryl/α,β-unsaturated/α-hetero) is 1. The van der Waals surface area contributed by atoms with Gasteiger partial charge in [-0.05, 0) is 11.5 Å². The molecule has 0 amide bonds. The van der Waals surface area contributed by atoms with Gasteiger partial charge in [-0.25, -0.2) is 0 Å². The van der Waals surface area contributed by atoms with Crippen LogP contribution in [-0.2, 0) is 11.2 Å². The van der Waals surface area contributed by atoms with Crippen molar-refractivity contribution in [3.63, 3.8) is 0 Å². The van der Waals surface area contributed by atoms with E-state index in [0.29, 0.717) is 12.8 Å². The summed E-state index contributed by atoms with van der Waals surface area (Å²) >= 11 is 0. The Bertz CT molecular complexity index is 267. The molecule has 69 valence electrons. The van der Waals surface area contributed by atoms with E-state index in [1.165, 1.54) is 0 Å². The van der Waals surface area contributed by atoms with Gasteiger partial charge in [0.15, 0.2) is 0 Å². The Hall–Kier alpha value is -1.11. The van der Waals surface area contributed by atoms with Crippen LogP contribution in [0.1, 0.15) is 20.3 Å². The number of rotatable bonds is 4. The molecule has 0 aliphatic heterocycles. The zero-order valence-corrected chi connectivity index (χ0v) is 7.99. The van der Waals surface area contributed by atoms with Crippen LogP contribution in [-0.4, -0.2) is 5.78 Å². The van der Waals surface area contributed by atoms with E-state index in [0.717, 1.165) is 5.56 Å². The summed E-state index contributed by atoms with van der Waals surface area (Å²) in [5.74, 6) is 0.491. The molecule has 0 saturated carbocycles. The van der Waals surface area contributed by atoms with Gasteiger partial charge in [0.25, 0.3) is 0 Å². The summed E-state index contributed by atoms with van der Waals surface area (Å²) in [5.41, 5.74) is 1.09. The van der Waals surface area contributed by atoms with Gasteiger partial charge in [-0.3, -0.25) is 4.79 Å². The maximum atomic E-state index is 11.4. The highest BCUT2D eigenvalue weighted by molar-refractivity contribution is 5.81. The minimum Gasteiger partial charge on any atom is -0.299 e. The van der Waals surface area contributed by atoms with Crippen LogP contribution >= 0.6 is 0 Å². The number of hydrogen-bond acceptors (Lipinski definition) is 1. The molecule has 1 unspecified atom stereocenters. The van der Waals surface area contributed by atoms with E-state index >= 15 is 0 Å². The lowest BCUT2D eigenvalue weighted by atomic mass is 10.0. The summed E-state index contributed by atoms with van der Waals surface area (Å²) in [6.07, 6.45) is 1.12. The first-order valence-corrected chi connectivity index (χ1v) is 4.57. The topological polar surface area (TPSA) is 17.1 Å². The van der Waals surface area contributed by atoms with E-state index in [2.05, 4.69) is 6.92 Å². The smallest absolute Gasteiger partial charge is 0.299 e. The summed E-state index contributed by atoms with van der Waals surface area (Å²) in [5, 5.41) is 0. The summed E-state index contributed by atoms with van der Waals surface area (Å²) < 4.78 is 0. The molecule has 0 spiro atoms. The van der Waals surface area contributed by atoms with Gasteiger partial charge in [0.2, 0.25) is 0 Å². The zero-order valence-electron chi connectivity index (χ0n) is 8.99. The second-order valence-electron chi connectivity index (χ2n) is 3.51. The monoisotopic (exact) mass is 176 g/mol. The Kier molecular flexibility index (Phi) is 3.69. The highest BCUT2D eigenvalue weighted by Gasteiger charge is 2.05. The quantitative estimate of drug-likeness (QED) is 0.689. The fraction of sp³-hybridized carbons (Fsp3) is 0.333. The molecule has 0 aliphatic rings. The summed E-state index contributed by atoms with van der Waals surface area (Å²) in [6, 6.07) is 9.82. The van der Waals surface area contributed by atoms with Gasteiger partial charge in [-0.2, -0.15) is 0 Å². The maximum absolute atomic E-state index is 11.4. The van der Waals surface area contributed by atoms with Gasteiger partial charge in [0, 0.05) is 12.8 Å². The average Bonchev–Trinajstić information content (AvgIpc) is 2.04. The van der Waals surface area contributed by atoms with Gasteiger partial charge in [-0.15, -0.1) is 0 Å². The third-order valence-electron chi connectivity index (χ3n) is 1.82. The minimum absolute atomic E-state index is 0. The molecule has 0 aromatic heterocycles. The van der Waals surface area contributed by atoms with Crippen molar-refractivity contribution in [3.8, 4) is 0 Å². The maximum Gasteiger partial charge on any atom is 1.00 e. The lowest BCUT2D eigenvalue weighted by molar-refractivity contribution is -0.118. The van der Waals surface area contributed by atoms with E-state index < -0.39 is 0 Å². The average molecular weight is 176 g/mol. The third-order valence-corrected chi connectivity index (χ3v) is 1.82. The van der Waals surface area contributed by atoms with Crippen molar-refractivity contribution in [2.24, 2.45) is 5.92 Å². The van der Waals surface area contributed by atoms with Gasteiger partial charge in [0.1, 0.15) is 5.78 Å². The highest BCUT2D eigenvalue weighted by Crippen LogP contribution is 2.06. The first-order valence-electron chi connectivity index (χ1n) is 4.57. The molecule has 1 radical (unpaired) electrons. The molecule has 0 saturated heterocycles. The van der Waals surface area contributed by atoms with E-state index in [9.17, 15) is 4.79 Å².